The lowest BCUT2D eigenvalue weighted by molar-refractivity contribution is 0.354. The minimum Gasteiger partial charge on any atom is -0.493 e. The van der Waals surface area contributed by atoms with Gasteiger partial charge in [0.15, 0.2) is 17.5 Å². The topological polar surface area (TPSA) is 54.9 Å². The molecule has 100 valence electrons. The van der Waals surface area contributed by atoms with Crippen LogP contribution in [0.1, 0.15) is 5.56 Å². The molecule has 0 saturated heterocycles. The van der Waals surface area contributed by atoms with Crippen LogP contribution < -0.4 is 20.1 Å². The first-order valence-corrected chi connectivity index (χ1v) is 5.84. The van der Waals surface area contributed by atoms with E-state index < -0.39 is 0 Å². The van der Waals surface area contributed by atoms with Gasteiger partial charge in [0.25, 0.3) is 0 Å². The van der Waals surface area contributed by atoms with Crippen LogP contribution in [0.15, 0.2) is 23.2 Å². The highest BCUT2D eigenvalue weighted by molar-refractivity contribution is 5.79. The van der Waals surface area contributed by atoms with Gasteiger partial charge in [-0.1, -0.05) is 6.07 Å². The van der Waals surface area contributed by atoms with E-state index >= 15 is 0 Å². The lowest BCUT2D eigenvalue weighted by Crippen LogP contribution is -2.35. The Kier molecular flexibility index (Phi) is 5.84. The van der Waals surface area contributed by atoms with Crippen LogP contribution in [0.5, 0.6) is 11.5 Å². The Balaban J connectivity index is 2.58. The van der Waals surface area contributed by atoms with Gasteiger partial charge >= 0.3 is 0 Å². The molecule has 0 aliphatic carbocycles. The zero-order valence-electron chi connectivity index (χ0n) is 11.4. The summed E-state index contributed by atoms with van der Waals surface area (Å²) in [7, 11) is 6.86. The molecule has 18 heavy (non-hydrogen) atoms. The summed E-state index contributed by atoms with van der Waals surface area (Å²) in [5, 5.41) is 6.17. The molecule has 0 unspecified atom stereocenters. The fourth-order valence-electron chi connectivity index (χ4n) is 1.64. The molecule has 0 bridgehead atoms. The first-order chi connectivity index (χ1) is 8.74. The molecule has 1 aromatic carbocycles. The third kappa shape index (κ3) is 3.84. The SMILES string of the molecule is CN=C(NC)NCCc1ccc(OC)c(OC)c1. The van der Waals surface area contributed by atoms with Gasteiger partial charge in [-0.25, -0.2) is 0 Å². The number of methoxy groups -OCH3 is 2. The largest absolute Gasteiger partial charge is 0.493 e. The first kappa shape index (κ1) is 14.2. The number of hydrogen-bond acceptors (Lipinski definition) is 3. The van der Waals surface area contributed by atoms with Crippen molar-refractivity contribution in [3.05, 3.63) is 23.8 Å². The molecule has 5 nitrogen and oxygen atoms in total. The first-order valence-electron chi connectivity index (χ1n) is 5.84. The number of benzene rings is 1. The fourth-order valence-corrected chi connectivity index (χ4v) is 1.64. The van der Waals surface area contributed by atoms with E-state index in [-0.39, 0.29) is 0 Å². The third-order valence-corrected chi connectivity index (χ3v) is 2.61. The van der Waals surface area contributed by atoms with Crippen molar-refractivity contribution < 1.29 is 9.47 Å². The smallest absolute Gasteiger partial charge is 0.190 e. The molecule has 0 heterocycles. The second-order valence-electron chi connectivity index (χ2n) is 3.69. The van der Waals surface area contributed by atoms with Gasteiger partial charge in [-0.2, -0.15) is 0 Å². The van der Waals surface area contributed by atoms with Crippen molar-refractivity contribution >= 4 is 5.96 Å². The van der Waals surface area contributed by atoms with Crippen molar-refractivity contribution in [2.45, 2.75) is 6.42 Å². The summed E-state index contributed by atoms with van der Waals surface area (Å²) in [5.41, 5.74) is 1.19. The minimum atomic E-state index is 0.750. The average Bonchev–Trinajstić information content (AvgIpc) is 2.43. The number of hydrogen-bond donors (Lipinski definition) is 2. The molecule has 5 heteroatoms. The van der Waals surface area contributed by atoms with E-state index in [9.17, 15) is 0 Å². The van der Waals surface area contributed by atoms with Crippen molar-refractivity contribution in [1.29, 1.82) is 0 Å². The van der Waals surface area contributed by atoms with E-state index in [1.165, 1.54) is 5.56 Å². The Morgan fingerprint density at radius 1 is 1.22 bits per heavy atom. The van der Waals surface area contributed by atoms with Crippen LogP contribution in [-0.2, 0) is 6.42 Å². The van der Waals surface area contributed by atoms with Crippen molar-refractivity contribution in [2.75, 3.05) is 34.9 Å². The van der Waals surface area contributed by atoms with Crippen LogP contribution in [0.2, 0.25) is 0 Å². The Morgan fingerprint density at radius 2 is 1.94 bits per heavy atom. The number of nitrogens with zero attached hydrogens (tertiary/aromatic N) is 1. The maximum Gasteiger partial charge on any atom is 0.190 e. The summed E-state index contributed by atoms with van der Waals surface area (Å²) in [5.74, 6) is 2.30. The van der Waals surface area contributed by atoms with E-state index in [1.807, 2.05) is 25.2 Å². The molecule has 1 rings (SSSR count). The van der Waals surface area contributed by atoms with Gasteiger partial charge in [-0.15, -0.1) is 0 Å². The highest BCUT2D eigenvalue weighted by atomic mass is 16.5. The molecule has 0 amide bonds. The highest BCUT2D eigenvalue weighted by Crippen LogP contribution is 2.27. The van der Waals surface area contributed by atoms with Gasteiger partial charge in [-0.3, -0.25) is 4.99 Å². The zero-order valence-corrected chi connectivity index (χ0v) is 11.4. The molecule has 0 aliphatic heterocycles. The number of aliphatic imine (C=N–C) groups is 1. The Labute approximate surface area is 108 Å². The molecule has 0 atom stereocenters. The Bertz CT molecular complexity index is 405. The standard InChI is InChI=1S/C13H21N3O2/c1-14-13(15-2)16-8-7-10-5-6-11(17-3)12(9-10)18-4/h5-6,9H,7-8H2,1-4H3,(H2,14,15,16). The van der Waals surface area contributed by atoms with Gasteiger partial charge in [0.05, 0.1) is 14.2 Å². The summed E-state index contributed by atoms with van der Waals surface area (Å²) in [4.78, 5) is 4.05. The molecule has 0 radical (unpaired) electrons. The van der Waals surface area contributed by atoms with Crippen LogP contribution in [0.3, 0.4) is 0 Å². The summed E-state index contributed by atoms with van der Waals surface area (Å²) >= 11 is 0. The predicted octanol–water partition coefficient (Wildman–Crippen LogP) is 1.04. The fraction of sp³-hybridized carbons (Fsp3) is 0.462. The van der Waals surface area contributed by atoms with Gasteiger partial charge in [-0.05, 0) is 24.1 Å². The van der Waals surface area contributed by atoms with Crippen molar-refractivity contribution in [2.24, 2.45) is 4.99 Å². The highest BCUT2D eigenvalue weighted by Gasteiger charge is 2.04. The molecule has 0 spiro atoms. The third-order valence-electron chi connectivity index (χ3n) is 2.61. The molecule has 0 aliphatic rings. The van der Waals surface area contributed by atoms with Crippen molar-refractivity contribution in [3.63, 3.8) is 0 Å². The lowest BCUT2D eigenvalue weighted by atomic mass is 10.1. The zero-order chi connectivity index (χ0) is 13.4. The number of ether oxygens (including phenoxy) is 2. The van der Waals surface area contributed by atoms with Crippen LogP contribution in [0.4, 0.5) is 0 Å². The van der Waals surface area contributed by atoms with E-state index in [4.69, 9.17) is 9.47 Å². The molecular weight excluding hydrogens is 230 g/mol. The monoisotopic (exact) mass is 251 g/mol. The number of guanidine groups is 1. The Hall–Kier alpha value is -1.91. The minimum absolute atomic E-state index is 0.750. The van der Waals surface area contributed by atoms with Crippen LogP contribution in [-0.4, -0.2) is 40.8 Å². The van der Waals surface area contributed by atoms with E-state index in [2.05, 4.69) is 15.6 Å². The van der Waals surface area contributed by atoms with E-state index in [0.717, 1.165) is 30.4 Å². The lowest BCUT2D eigenvalue weighted by Gasteiger charge is -2.11. The second-order valence-corrected chi connectivity index (χ2v) is 3.69. The van der Waals surface area contributed by atoms with Gasteiger partial charge in [0.1, 0.15) is 0 Å². The molecule has 0 saturated carbocycles. The summed E-state index contributed by atoms with van der Waals surface area (Å²) < 4.78 is 10.5. The van der Waals surface area contributed by atoms with Gasteiger partial charge in [0.2, 0.25) is 0 Å². The van der Waals surface area contributed by atoms with E-state index in [0.29, 0.717) is 0 Å². The number of rotatable bonds is 5. The quantitative estimate of drug-likeness (QED) is 0.606. The Morgan fingerprint density at radius 3 is 2.50 bits per heavy atom. The molecular formula is C13H21N3O2. The molecule has 2 N–H and O–H groups in total. The summed E-state index contributed by atoms with van der Waals surface area (Å²) in [6, 6.07) is 5.94. The van der Waals surface area contributed by atoms with Crippen molar-refractivity contribution in [3.8, 4) is 11.5 Å². The average molecular weight is 251 g/mol. The van der Waals surface area contributed by atoms with Crippen molar-refractivity contribution in [1.82, 2.24) is 10.6 Å². The predicted molar refractivity (Wildman–Crippen MR) is 73.7 cm³/mol. The normalized spacial score (nSPS) is 11.0. The maximum absolute atomic E-state index is 5.27. The van der Waals surface area contributed by atoms with Crippen LogP contribution >= 0.6 is 0 Å². The molecule has 1 aromatic rings. The van der Waals surface area contributed by atoms with Gasteiger partial charge < -0.3 is 20.1 Å². The van der Waals surface area contributed by atoms with E-state index in [1.54, 1.807) is 21.3 Å². The molecule has 0 aromatic heterocycles. The second kappa shape index (κ2) is 7.42. The summed E-state index contributed by atoms with van der Waals surface area (Å²) in [6.07, 6.45) is 0.890. The van der Waals surface area contributed by atoms with Gasteiger partial charge in [0, 0.05) is 20.6 Å². The maximum atomic E-state index is 5.27. The number of nitrogens with one attached hydrogen (secondary N) is 2. The summed E-state index contributed by atoms with van der Waals surface area (Å²) in [6.45, 7) is 0.809. The van der Waals surface area contributed by atoms with Crippen LogP contribution in [0.25, 0.3) is 0 Å². The molecule has 0 fully saturated rings. The van der Waals surface area contributed by atoms with Crippen LogP contribution in [0, 0.1) is 0 Å².